The Balaban J connectivity index is 1.82. The highest BCUT2D eigenvalue weighted by atomic mass is 32.2. The maximum Gasteiger partial charge on any atom is 0.270 e. The van der Waals surface area contributed by atoms with Crippen LogP contribution in [0, 0.1) is 17.0 Å². The van der Waals surface area contributed by atoms with Crippen molar-refractivity contribution in [1.82, 2.24) is 4.57 Å². The van der Waals surface area contributed by atoms with E-state index in [2.05, 4.69) is 4.72 Å². The van der Waals surface area contributed by atoms with E-state index in [0.717, 1.165) is 11.6 Å². The summed E-state index contributed by atoms with van der Waals surface area (Å²) in [5, 5.41) is 10.9. The summed E-state index contributed by atoms with van der Waals surface area (Å²) < 4.78 is 29.2. The number of non-ortho nitro benzene ring substituents is 1. The molecule has 144 valence electrons. The van der Waals surface area contributed by atoms with Crippen LogP contribution in [0.3, 0.4) is 0 Å². The minimum absolute atomic E-state index is 0.131. The van der Waals surface area contributed by atoms with Gasteiger partial charge in [0.25, 0.3) is 21.3 Å². The van der Waals surface area contributed by atoms with Crippen molar-refractivity contribution in [3.05, 3.63) is 98.5 Å². The van der Waals surface area contributed by atoms with Gasteiger partial charge in [0.15, 0.2) is 0 Å². The molecule has 0 radical (unpaired) electrons. The first-order chi connectivity index (χ1) is 13.3. The van der Waals surface area contributed by atoms with Crippen molar-refractivity contribution in [2.75, 3.05) is 4.72 Å². The topological polar surface area (TPSA) is 111 Å². The first-order valence-corrected chi connectivity index (χ1v) is 9.77. The summed E-state index contributed by atoms with van der Waals surface area (Å²) >= 11 is 0. The molecule has 9 heteroatoms. The van der Waals surface area contributed by atoms with Crippen LogP contribution in [-0.2, 0) is 16.6 Å². The Labute approximate surface area is 161 Å². The summed E-state index contributed by atoms with van der Waals surface area (Å²) in [6, 6.07) is 15.1. The fourth-order valence-corrected chi connectivity index (χ4v) is 3.99. The third-order valence-electron chi connectivity index (χ3n) is 4.13. The molecule has 28 heavy (non-hydrogen) atoms. The first-order valence-electron chi connectivity index (χ1n) is 8.28. The van der Waals surface area contributed by atoms with Gasteiger partial charge in [-0.05, 0) is 36.2 Å². The molecule has 0 bridgehead atoms. The van der Waals surface area contributed by atoms with Crippen LogP contribution in [0.25, 0.3) is 0 Å². The standard InChI is InChI=1S/C19H17N3O5S/c1-14-5-10-17(22(24)25)12-18(14)28(26,27)20-16-8-6-15(7-9-16)13-21-11-3-2-4-19(21)23/h2-12,20H,13H2,1H3. The molecule has 0 fully saturated rings. The van der Waals surface area contributed by atoms with E-state index in [0.29, 0.717) is 17.8 Å². The van der Waals surface area contributed by atoms with Gasteiger partial charge >= 0.3 is 0 Å². The minimum Gasteiger partial charge on any atom is -0.311 e. The van der Waals surface area contributed by atoms with Crippen LogP contribution in [0.1, 0.15) is 11.1 Å². The number of sulfonamides is 1. The largest absolute Gasteiger partial charge is 0.311 e. The highest BCUT2D eigenvalue weighted by Crippen LogP contribution is 2.24. The van der Waals surface area contributed by atoms with Crippen LogP contribution in [0.2, 0.25) is 0 Å². The Morgan fingerprint density at radius 1 is 1.07 bits per heavy atom. The number of nitrogens with one attached hydrogen (secondary N) is 1. The predicted molar refractivity (Wildman–Crippen MR) is 105 cm³/mol. The van der Waals surface area contributed by atoms with Crippen molar-refractivity contribution in [3.63, 3.8) is 0 Å². The number of anilines is 1. The lowest BCUT2D eigenvalue weighted by molar-refractivity contribution is -0.385. The molecule has 0 spiro atoms. The Bertz CT molecular complexity index is 1180. The van der Waals surface area contributed by atoms with Crippen LogP contribution in [0.4, 0.5) is 11.4 Å². The Kier molecular flexibility index (Phi) is 5.27. The molecule has 0 saturated carbocycles. The third-order valence-corrected chi connectivity index (χ3v) is 5.65. The molecule has 3 rings (SSSR count). The average molecular weight is 399 g/mol. The molecule has 0 atom stereocenters. The van der Waals surface area contributed by atoms with E-state index in [4.69, 9.17) is 0 Å². The van der Waals surface area contributed by atoms with Crippen molar-refractivity contribution in [2.24, 2.45) is 0 Å². The van der Waals surface area contributed by atoms with E-state index < -0.39 is 14.9 Å². The Hall–Kier alpha value is -3.46. The van der Waals surface area contributed by atoms with E-state index >= 15 is 0 Å². The molecule has 0 aliphatic rings. The average Bonchev–Trinajstić information content (AvgIpc) is 2.65. The second-order valence-corrected chi connectivity index (χ2v) is 7.83. The van der Waals surface area contributed by atoms with Gasteiger partial charge in [0.05, 0.1) is 16.4 Å². The van der Waals surface area contributed by atoms with Gasteiger partial charge in [-0.2, -0.15) is 0 Å². The van der Waals surface area contributed by atoms with Crippen molar-refractivity contribution in [2.45, 2.75) is 18.4 Å². The Morgan fingerprint density at radius 3 is 2.43 bits per heavy atom. The van der Waals surface area contributed by atoms with Crippen molar-refractivity contribution >= 4 is 21.4 Å². The summed E-state index contributed by atoms with van der Waals surface area (Å²) in [5.74, 6) is 0. The van der Waals surface area contributed by atoms with Gasteiger partial charge in [0, 0.05) is 30.1 Å². The van der Waals surface area contributed by atoms with Gasteiger partial charge < -0.3 is 4.57 Å². The van der Waals surface area contributed by atoms with Crippen LogP contribution in [0.15, 0.2) is 76.6 Å². The number of nitro groups is 1. The van der Waals surface area contributed by atoms with Gasteiger partial charge in [-0.15, -0.1) is 0 Å². The van der Waals surface area contributed by atoms with Crippen molar-refractivity contribution < 1.29 is 13.3 Å². The SMILES string of the molecule is Cc1ccc([N+](=O)[O-])cc1S(=O)(=O)Nc1ccc(Cn2ccccc2=O)cc1. The first kappa shape index (κ1) is 19.3. The summed E-state index contributed by atoms with van der Waals surface area (Å²) in [7, 11) is -3.99. The van der Waals surface area contributed by atoms with E-state index in [1.807, 2.05) is 0 Å². The summed E-state index contributed by atoms with van der Waals surface area (Å²) in [6.45, 7) is 1.93. The van der Waals surface area contributed by atoms with Crippen LogP contribution >= 0.6 is 0 Å². The zero-order chi connectivity index (χ0) is 20.3. The predicted octanol–water partition coefficient (Wildman–Crippen LogP) is 2.91. The zero-order valence-electron chi connectivity index (χ0n) is 14.9. The maximum absolute atomic E-state index is 12.6. The van der Waals surface area contributed by atoms with Gasteiger partial charge in [0.1, 0.15) is 0 Å². The number of nitrogens with zero attached hydrogens (tertiary/aromatic N) is 2. The molecule has 0 unspecified atom stereocenters. The number of aromatic nitrogens is 1. The van der Waals surface area contributed by atoms with E-state index in [9.17, 15) is 23.3 Å². The molecular weight excluding hydrogens is 382 g/mol. The molecule has 3 aromatic rings. The number of benzene rings is 2. The molecule has 0 saturated heterocycles. The van der Waals surface area contributed by atoms with Crippen LogP contribution < -0.4 is 10.3 Å². The van der Waals surface area contributed by atoms with E-state index in [-0.39, 0.29) is 16.1 Å². The van der Waals surface area contributed by atoms with Gasteiger partial charge in [0.2, 0.25) is 0 Å². The molecular formula is C19H17N3O5S. The third kappa shape index (κ3) is 4.26. The van der Waals surface area contributed by atoms with Gasteiger partial charge in [-0.3, -0.25) is 19.6 Å². The zero-order valence-corrected chi connectivity index (χ0v) is 15.7. The molecule has 8 nitrogen and oxygen atoms in total. The van der Waals surface area contributed by atoms with Crippen LogP contribution in [0.5, 0.6) is 0 Å². The molecule has 0 amide bonds. The number of rotatable bonds is 6. The second kappa shape index (κ2) is 7.65. The lowest BCUT2D eigenvalue weighted by Crippen LogP contribution is -2.18. The normalized spacial score (nSPS) is 11.2. The van der Waals surface area contributed by atoms with Gasteiger partial charge in [-0.25, -0.2) is 8.42 Å². The lowest BCUT2D eigenvalue weighted by Gasteiger charge is -2.11. The highest BCUT2D eigenvalue weighted by Gasteiger charge is 2.20. The number of hydrogen-bond donors (Lipinski definition) is 1. The fraction of sp³-hybridized carbons (Fsp3) is 0.105. The summed E-state index contributed by atoms with van der Waals surface area (Å²) in [5.41, 5.74) is 1.11. The molecule has 2 aromatic carbocycles. The quantitative estimate of drug-likeness (QED) is 0.506. The smallest absolute Gasteiger partial charge is 0.270 e. The minimum atomic E-state index is -3.99. The second-order valence-electron chi connectivity index (χ2n) is 6.18. The number of nitro benzene ring substituents is 1. The number of pyridine rings is 1. The molecule has 1 aromatic heterocycles. The maximum atomic E-state index is 12.6. The van der Waals surface area contributed by atoms with E-state index in [1.165, 1.54) is 22.8 Å². The summed E-state index contributed by atoms with van der Waals surface area (Å²) in [4.78, 5) is 21.9. The van der Waals surface area contributed by atoms with E-state index in [1.54, 1.807) is 49.5 Å². The van der Waals surface area contributed by atoms with Crippen molar-refractivity contribution in [3.8, 4) is 0 Å². The Morgan fingerprint density at radius 2 is 1.79 bits per heavy atom. The molecule has 1 heterocycles. The molecule has 1 N–H and O–H groups in total. The number of aryl methyl sites for hydroxylation is 1. The van der Waals surface area contributed by atoms with Crippen molar-refractivity contribution in [1.29, 1.82) is 0 Å². The monoisotopic (exact) mass is 399 g/mol. The highest BCUT2D eigenvalue weighted by molar-refractivity contribution is 7.92. The lowest BCUT2D eigenvalue weighted by atomic mass is 10.2. The van der Waals surface area contributed by atoms with Crippen LogP contribution in [-0.4, -0.2) is 17.9 Å². The molecule has 0 aliphatic carbocycles. The fourth-order valence-electron chi connectivity index (χ4n) is 2.67. The molecule has 0 aliphatic heterocycles. The number of hydrogen-bond acceptors (Lipinski definition) is 5. The summed E-state index contributed by atoms with van der Waals surface area (Å²) in [6.07, 6.45) is 1.67. The van der Waals surface area contributed by atoms with Gasteiger partial charge in [-0.1, -0.05) is 24.3 Å².